The van der Waals surface area contributed by atoms with Crippen molar-refractivity contribution in [3.63, 3.8) is 0 Å². The number of nitrogen functional groups attached to an aromatic ring is 1. The van der Waals surface area contributed by atoms with Gasteiger partial charge < -0.3 is 15.5 Å². The first-order chi connectivity index (χ1) is 14.2. The molecule has 30 heavy (non-hydrogen) atoms. The molecule has 0 bridgehead atoms. The van der Waals surface area contributed by atoms with E-state index in [1.54, 1.807) is 0 Å². The lowest BCUT2D eigenvalue weighted by Crippen LogP contribution is -2.25. The summed E-state index contributed by atoms with van der Waals surface area (Å²) in [4.78, 5) is 2.60. The normalized spacial score (nSPS) is 16.2. The lowest BCUT2D eigenvalue weighted by atomic mass is 10.1. The first-order valence-electron chi connectivity index (χ1n) is 8.95. The summed E-state index contributed by atoms with van der Waals surface area (Å²) in [5, 5.41) is 7.69. The van der Waals surface area contributed by atoms with E-state index in [1.807, 2.05) is 0 Å². The molecule has 1 saturated heterocycles. The highest BCUT2D eigenvalue weighted by molar-refractivity contribution is 7.89. The van der Waals surface area contributed by atoms with Crippen LogP contribution in [-0.4, -0.2) is 35.8 Å². The summed E-state index contributed by atoms with van der Waals surface area (Å²) >= 11 is 0. The van der Waals surface area contributed by atoms with Crippen LogP contribution in [0.1, 0.15) is 17.5 Å². The Hall–Kier alpha value is -3.05. The second-order valence-electron chi connectivity index (χ2n) is 6.86. The summed E-state index contributed by atoms with van der Waals surface area (Å²) in [6.07, 6.45) is 1.84. The van der Waals surface area contributed by atoms with Gasteiger partial charge in [-0.15, -0.1) is 0 Å². The molecule has 1 fully saturated rings. The fourth-order valence-corrected chi connectivity index (χ4v) is 4.95. The molecule has 2 aromatic carbocycles. The monoisotopic (exact) mass is 438 g/mol. The number of aromatic amines is 1. The molecule has 0 unspecified atom stereocenters. The van der Waals surface area contributed by atoms with Gasteiger partial charge in [0.05, 0.1) is 16.8 Å². The van der Waals surface area contributed by atoms with E-state index in [1.165, 1.54) is 22.6 Å². The van der Waals surface area contributed by atoms with E-state index < -0.39 is 39.1 Å². The first kappa shape index (κ1) is 20.2. The standard InChI is InChI=1S/C19H17F3N4O3S/c20-14-3-2-10(8-12(14)19(23)24)29-18-13(9-26-6-1-7-30(26,27)28)11-4-5-25-17(11)15(21)16(18)22/h2-5,8,25H,1,6-7,9H2,(H3,23,24). The van der Waals surface area contributed by atoms with Gasteiger partial charge in [0.1, 0.15) is 17.4 Å². The smallest absolute Gasteiger partial charge is 0.214 e. The molecule has 4 N–H and O–H groups in total. The number of hydrogen-bond donors (Lipinski definition) is 3. The van der Waals surface area contributed by atoms with E-state index in [0.717, 1.165) is 12.1 Å². The van der Waals surface area contributed by atoms with Crippen molar-refractivity contribution < 1.29 is 26.3 Å². The molecule has 3 aromatic rings. The van der Waals surface area contributed by atoms with Crippen LogP contribution in [0.3, 0.4) is 0 Å². The molecule has 7 nitrogen and oxygen atoms in total. The number of aromatic nitrogens is 1. The van der Waals surface area contributed by atoms with Crippen LogP contribution in [0, 0.1) is 22.9 Å². The highest BCUT2D eigenvalue weighted by Crippen LogP contribution is 2.38. The highest BCUT2D eigenvalue weighted by Gasteiger charge is 2.32. The molecular weight excluding hydrogens is 421 g/mol. The quantitative estimate of drug-likeness (QED) is 0.419. The molecule has 0 amide bonds. The van der Waals surface area contributed by atoms with Gasteiger partial charge in [0.25, 0.3) is 0 Å². The maximum absolute atomic E-state index is 14.9. The van der Waals surface area contributed by atoms with Crippen LogP contribution in [0.15, 0.2) is 30.5 Å². The van der Waals surface area contributed by atoms with E-state index in [-0.39, 0.29) is 46.6 Å². The molecule has 1 aromatic heterocycles. The summed E-state index contributed by atoms with van der Waals surface area (Å²) in [6, 6.07) is 4.75. The van der Waals surface area contributed by atoms with Gasteiger partial charge in [0, 0.05) is 30.2 Å². The molecule has 11 heteroatoms. The van der Waals surface area contributed by atoms with Crippen LogP contribution in [0.2, 0.25) is 0 Å². The molecule has 1 aliphatic rings. The summed E-state index contributed by atoms with van der Waals surface area (Å²) < 4.78 is 74.6. The van der Waals surface area contributed by atoms with Gasteiger partial charge in [0.15, 0.2) is 11.6 Å². The van der Waals surface area contributed by atoms with E-state index in [2.05, 4.69) is 4.98 Å². The van der Waals surface area contributed by atoms with Gasteiger partial charge in [0.2, 0.25) is 15.8 Å². The highest BCUT2D eigenvalue weighted by atomic mass is 32.2. The SMILES string of the molecule is N=C(N)c1cc(Oc2c(F)c(F)c3[nH]ccc3c2CN2CCCS2(=O)=O)ccc1F. The maximum Gasteiger partial charge on any atom is 0.214 e. The van der Waals surface area contributed by atoms with Gasteiger partial charge in [-0.3, -0.25) is 5.41 Å². The minimum absolute atomic E-state index is 0.0247. The first-order valence-corrected chi connectivity index (χ1v) is 10.6. The molecule has 0 aliphatic carbocycles. The molecular formula is C19H17F3N4O3S. The van der Waals surface area contributed by atoms with E-state index in [4.69, 9.17) is 15.9 Å². The molecule has 4 rings (SSSR count). The molecule has 0 saturated carbocycles. The van der Waals surface area contributed by atoms with Crippen LogP contribution in [-0.2, 0) is 16.6 Å². The predicted octanol–water partition coefficient (Wildman–Crippen LogP) is 3.20. The van der Waals surface area contributed by atoms with Gasteiger partial charge in [-0.1, -0.05) is 0 Å². The third kappa shape index (κ3) is 3.39. The third-order valence-electron chi connectivity index (χ3n) is 4.94. The Kier molecular flexibility index (Phi) is 4.94. The second-order valence-corrected chi connectivity index (χ2v) is 8.95. The number of nitrogens with one attached hydrogen (secondary N) is 2. The average molecular weight is 438 g/mol. The molecule has 2 heterocycles. The zero-order chi connectivity index (χ0) is 21.6. The number of benzene rings is 2. The number of amidine groups is 1. The molecule has 158 valence electrons. The van der Waals surface area contributed by atoms with E-state index in [9.17, 15) is 21.6 Å². The number of fused-ring (bicyclic) bond motifs is 1. The number of nitrogens with two attached hydrogens (primary N) is 1. The van der Waals surface area contributed by atoms with Crippen molar-refractivity contribution in [1.29, 1.82) is 5.41 Å². The van der Waals surface area contributed by atoms with E-state index in [0.29, 0.717) is 6.42 Å². The van der Waals surface area contributed by atoms with Crippen molar-refractivity contribution in [1.82, 2.24) is 9.29 Å². The Morgan fingerprint density at radius 1 is 1.23 bits per heavy atom. The average Bonchev–Trinajstić information content (AvgIpc) is 3.30. The zero-order valence-electron chi connectivity index (χ0n) is 15.5. The largest absolute Gasteiger partial charge is 0.454 e. The van der Waals surface area contributed by atoms with Crippen molar-refractivity contribution in [3.05, 3.63) is 59.0 Å². The van der Waals surface area contributed by atoms with Crippen LogP contribution < -0.4 is 10.5 Å². The number of hydrogen-bond acceptors (Lipinski definition) is 4. The fourth-order valence-electron chi connectivity index (χ4n) is 3.47. The Morgan fingerprint density at radius 3 is 2.67 bits per heavy atom. The molecule has 0 radical (unpaired) electrons. The van der Waals surface area contributed by atoms with Crippen LogP contribution in [0.4, 0.5) is 13.2 Å². The second kappa shape index (κ2) is 7.33. The molecule has 0 spiro atoms. The third-order valence-corrected chi connectivity index (χ3v) is 6.85. The van der Waals surface area contributed by atoms with Gasteiger partial charge in [-0.2, -0.15) is 8.70 Å². The summed E-state index contributed by atoms with van der Waals surface area (Å²) in [7, 11) is -3.52. The number of ether oxygens (including phenoxy) is 1. The maximum atomic E-state index is 14.9. The fraction of sp³-hybridized carbons (Fsp3) is 0.211. The van der Waals surface area contributed by atoms with Crippen molar-refractivity contribution in [2.75, 3.05) is 12.3 Å². The van der Waals surface area contributed by atoms with Crippen molar-refractivity contribution in [2.24, 2.45) is 5.73 Å². The number of rotatable bonds is 5. The van der Waals surface area contributed by atoms with Crippen LogP contribution >= 0.6 is 0 Å². The number of H-pyrrole nitrogens is 1. The molecule has 1 aliphatic heterocycles. The van der Waals surface area contributed by atoms with Gasteiger partial charge >= 0.3 is 0 Å². The van der Waals surface area contributed by atoms with Crippen molar-refractivity contribution in [3.8, 4) is 11.5 Å². The van der Waals surface area contributed by atoms with Crippen molar-refractivity contribution >= 4 is 26.8 Å². The number of sulfonamides is 1. The number of nitrogens with zero attached hydrogens (tertiary/aromatic N) is 1. The summed E-state index contributed by atoms with van der Waals surface area (Å²) in [5.41, 5.74) is 5.09. The minimum atomic E-state index is -3.52. The van der Waals surface area contributed by atoms with E-state index >= 15 is 0 Å². The topological polar surface area (TPSA) is 112 Å². The van der Waals surface area contributed by atoms with Gasteiger partial charge in [-0.25, -0.2) is 17.2 Å². The lowest BCUT2D eigenvalue weighted by Gasteiger charge is -2.19. The Labute approximate surface area is 169 Å². The Bertz CT molecular complexity index is 1270. The lowest BCUT2D eigenvalue weighted by molar-refractivity contribution is 0.395. The van der Waals surface area contributed by atoms with Crippen LogP contribution in [0.5, 0.6) is 11.5 Å². The Balaban J connectivity index is 1.85. The Morgan fingerprint density at radius 2 is 2.00 bits per heavy atom. The molecule has 0 atom stereocenters. The predicted molar refractivity (Wildman–Crippen MR) is 105 cm³/mol. The summed E-state index contributed by atoms with van der Waals surface area (Å²) in [6.45, 7) is 0.0295. The van der Waals surface area contributed by atoms with Gasteiger partial charge in [-0.05, 0) is 30.7 Å². The van der Waals surface area contributed by atoms with Crippen molar-refractivity contribution in [2.45, 2.75) is 13.0 Å². The summed E-state index contributed by atoms with van der Waals surface area (Å²) in [5.74, 6) is -4.45. The van der Waals surface area contributed by atoms with Crippen LogP contribution in [0.25, 0.3) is 10.9 Å². The number of halogens is 3. The zero-order valence-corrected chi connectivity index (χ0v) is 16.3. The minimum Gasteiger partial charge on any atom is -0.454 e.